The van der Waals surface area contributed by atoms with E-state index in [0.717, 1.165) is 47.8 Å². The first-order chi connectivity index (χ1) is 12.2. The molecule has 0 saturated carbocycles. The molecule has 5 nitrogen and oxygen atoms in total. The second-order valence-corrected chi connectivity index (χ2v) is 6.76. The van der Waals surface area contributed by atoms with Crippen molar-refractivity contribution in [2.75, 3.05) is 20.4 Å². The van der Waals surface area contributed by atoms with Crippen LogP contribution in [0, 0.1) is 0 Å². The number of amides is 1. The zero-order valence-corrected chi connectivity index (χ0v) is 14.3. The highest BCUT2D eigenvalue weighted by Gasteiger charge is 2.39. The number of carbonyl (C=O) groups is 1. The maximum absolute atomic E-state index is 12.2. The van der Waals surface area contributed by atoms with E-state index in [-0.39, 0.29) is 18.7 Å². The fraction of sp³-hybridized carbons (Fsp3) is 0.350. The van der Waals surface area contributed by atoms with Crippen molar-refractivity contribution in [1.29, 1.82) is 0 Å². The number of fused-ring (bicyclic) bond motifs is 4. The van der Waals surface area contributed by atoms with Gasteiger partial charge in [-0.25, -0.2) is 0 Å². The Labute approximate surface area is 146 Å². The van der Waals surface area contributed by atoms with Crippen molar-refractivity contribution in [3.63, 3.8) is 0 Å². The lowest BCUT2D eigenvalue weighted by molar-refractivity contribution is -0.131. The van der Waals surface area contributed by atoms with Crippen molar-refractivity contribution in [3.05, 3.63) is 41.0 Å². The first-order valence-corrected chi connectivity index (χ1v) is 8.57. The molecule has 2 aliphatic heterocycles. The van der Waals surface area contributed by atoms with Crippen LogP contribution in [0.1, 0.15) is 29.7 Å². The highest BCUT2D eigenvalue weighted by atomic mass is 16.7. The molecule has 3 aliphatic rings. The topological polar surface area (TPSA) is 48.0 Å². The van der Waals surface area contributed by atoms with Crippen LogP contribution in [0.5, 0.6) is 17.2 Å². The largest absolute Gasteiger partial charge is 0.497 e. The molecule has 1 atom stereocenters. The molecule has 128 valence electrons. The molecule has 0 fully saturated rings. The van der Waals surface area contributed by atoms with E-state index in [1.54, 1.807) is 14.0 Å². The molecule has 2 aromatic rings. The van der Waals surface area contributed by atoms with Gasteiger partial charge in [0, 0.05) is 19.0 Å². The Hall–Kier alpha value is -2.69. The highest BCUT2D eigenvalue weighted by Crippen LogP contribution is 2.54. The van der Waals surface area contributed by atoms with Crippen molar-refractivity contribution < 1.29 is 19.0 Å². The number of carbonyl (C=O) groups excluding carboxylic acids is 1. The molecule has 0 saturated heterocycles. The molecule has 5 rings (SSSR count). The minimum Gasteiger partial charge on any atom is -0.497 e. The predicted molar refractivity (Wildman–Crippen MR) is 92.1 cm³/mol. The molecule has 2 heterocycles. The number of methoxy groups -OCH3 is 1. The number of rotatable bonds is 1. The fourth-order valence-electron chi connectivity index (χ4n) is 4.42. The van der Waals surface area contributed by atoms with Gasteiger partial charge in [0.15, 0.2) is 11.5 Å². The number of nitrogens with zero attached hydrogens (tertiary/aromatic N) is 1. The maximum atomic E-state index is 12.2. The lowest BCUT2D eigenvalue weighted by Crippen LogP contribution is -2.41. The number of hydrogen-bond acceptors (Lipinski definition) is 4. The molecule has 1 aliphatic carbocycles. The van der Waals surface area contributed by atoms with Crippen molar-refractivity contribution in [2.45, 2.75) is 25.8 Å². The summed E-state index contributed by atoms with van der Waals surface area (Å²) in [5, 5.41) is 0. The fourth-order valence-corrected chi connectivity index (χ4v) is 4.42. The molecule has 0 spiro atoms. The van der Waals surface area contributed by atoms with Crippen LogP contribution in [0.4, 0.5) is 0 Å². The Balaban J connectivity index is 1.81. The summed E-state index contributed by atoms with van der Waals surface area (Å²) in [4.78, 5) is 14.2. The average molecular weight is 337 g/mol. The van der Waals surface area contributed by atoms with Gasteiger partial charge in [0.05, 0.1) is 13.2 Å². The first-order valence-electron chi connectivity index (χ1n) is 8.57. The number of ether oxygens (including phenoxy) is 3. The Bertz CT molecular complexity index is 905. The van der Waals surface area contributed by atoms with Crippen molar-refractivity contribution >= 4 is 5.91 Å². The third kappa shape index (κ3) is 1.98. The molecule has 1 amide bonds. The van der Waals surface area contributed by atoms with Gasteiger partial charge in [0.1, 0.15) is 5.75 Å². The minimum atomic E-state index is 0.0466. The maximum Gasteiger partial charge on any atom is 0.231 e. The molecule has 0 radical (unpaired) electrons. The van der Waals surface area contributed by atoms with Crippen molar-refractivity contribution in [2.24, 2.45) is 0 Å². The van der Waals surface area contributed by atoms with E-state index in [1.807, 2.05) is 11.0 Å². The summed E-state index contributed by atoms with van der Waals surface area (Å²) >= 11 is 0. The molecule has 0 bridgehead atoms. The summed E-state index contributed by atoms with van der Waals surface area (Å²) in [5.41, 5.74) is 5.91. The van der Waals surface area contributed by atoms with Crippen LogP contribution in [0.3, 0.4) is 0 Å². The van der Waals surface area contributed by atoms with Gasteiger partial charge in [-0.05, 0) is 53.3 Å². The molecular formula is C20H19NO4. The average Bonchev–Trinajstić information content (AvgIpc) is 3.09. The quantitative estimate of drug-likeness (QED) is 0.802. The van der Waals surface area contributed by atoms with Gasteiger partial charge in [0.2, 0.25) is 12.7 Å². The number of benzene rings is 2. The van der Waals surface area contributed by atoms with Gasteiger partial charge < -0.3 is 19.1 Å². The molecule has 0 aromatic heterocycles. The molecule has 1 unspecified atom stereocenters. The molecule has 25 heavy (non-hydrogen) atoms. The van der Waals surface area contributed by atoms with Crippen molar-refractivity contribution in [1.82, 2.24) is 4.90 Å². The minimum absolute atomic E-state index is 0.0466. The van der Waals surface area contributed by atoms with Gasteiger partial charge in [-0.3, -0.25) is 4.79 Å². The van der Waals surface area contributed by atoms with E-state index in [4.69, 9.17) is 14.2 Å². The normalized spacial score (nSPS) is 19.3. The molecule has 0 N–H and O–H groups in total. The Kier molecular flexibility index (Phi) is 3.02. The van der Waals surface area contributed by atoms with E-state index >= 15 is 0 Å². The van der Waals surface area contributed by atoms with Crippen LogP contribution >= 0.6 is 0 Å². The van der Waals surface area contributed by atoms with Gasteiger partial charge in [-0.2, -0.15) is 0 Å². The van der Waals surface area contributed by atoms with Crippen LogP contribution < -0.4 is 14.2 Å². The lowest BCUT2D eigenvalue weighted by Gasteiger charge is -2.41. The Morgan fingerprint density at radius 1 is 1.24 bits per heavy atom. The monoisotopic (exact) mass is 337 g/mol. The van der Waals surface area contributed by atoms with E-state index in [0.29, 0.717) is 0 Å². The summed E-state index contributed by atoms with van der Waals surface area (Å²) < 4.78 is 16.9. The second-order valence-electron chi connectivity index (χ2n) is 6.76. The zero-order valence-electron chi connectivity index (χ0n) is 14.3. The van der Waals surface area contributed by atoms with E-state index in [1.165, 1.54) is 16.7 Å². The standard InChI is InChI=1S/C20H19NO4/c1-11(22)21-6-5-12-9-17-20(25-10-24-17)19-15-4-3-14(23-2)7-13(15)8-16(21)18(12)19/h3-4,7,9,16H,5-6,8,10H2,1-2H3. The van der Waals surface area contributed by atoms with Gasteiger partial charge >= 0.3 is 0 Å². The smallest absolute Gasteiger partial charge is 0.231 e. The van der Waals surface area contributed by atoms with Crippen LogP contribution in [0.2, 0.25) is 0 Å². The van der Waals surface area contributed by atoms with Crippen molar-refractivity contribution in [3.8, 4) is 28.4 Å². The lowest BCUT2D eigenvalue weighted by atomic mass is 9.76. The first kappa shape index (κ1) is 14.6. The number of hydrogen-bond donors (Lipinski definition) is 0. The molecule has 5 heteroatoms. The summed E-state index contributed by atoms with van der Waals surface area (Å²) in [6.45, 7) is 2.64. The Morgan fingerprint density at radius 2 is 2.12 bits per heavy atom. The third-order valence-corrected chi connectivity index (χ3v) is 5.52. The highest BCUT2D eigenvalue weighted by molar-refractivity contribution is 5.85. The van der Waals surface area contributed by atoms with Gasteiger partial charge in [0.25, 0.3) is 0 Å². The van der Waals surface area contributed by atoms with Gasteiger partial charge in [-0.1, -0.05) is 6.07 Å². The summed E-state index contributed by atoms with van der Waals surface area (Å²) in [6.07, 6.45) is 1.65. The third-order valence-electron chi connectivity index (χ3n) is 5.52. The molecular weight excluding hydrogens is 318 g/mol. The van der Waals surface area contributed by atoms with E-state index < -0.39 is 0 Å². The summed E-state index contributed by atoms with van der Waals surface area (Å²) in [6, 6.07) is 8.28. The van der Waals surface area contributed by atoms with E-state index in [9.17, 15) is 4.79 Å². The van der Waals surface area contributed by atoms with Gasteiger partial charge in [-0.15, -0.1) is 0 Å². The Morgan fingerprint density at radius 3 is 2.92 bits per heavy atom. The van der Waals surface area contributed by atoms with E-state index in [2.05, 4.69) is 18.2 Å². The zero-order chi connectivity index (χ0) is 17.1. The molecule has 2 aromatic carbocycles. The predicted octanol–water partition coefficient (Wildman–Crippen LogP) is 3.09. The van der Waals surface area contributed by atoms with Crippen LogP contribution in [0.25, 0.3) is 11.1 Å². The van der Waals surface area contributed by atoms with Crippen LogP contribution in [0.15, 0.2) is 24.3 Å². The second kappa shape index (κ2) is 5.15. The van der Waals surface area contributed by atoms with Crippen LogP contribution in [-0.2, 0) is 17.6 Å². The summed E-state index contributed by atoms with van der Waals surface area (Å²) in [5.74, 6) is 2.57. The SMILES string of the molecule is COc1ccc2c(c1)CC1c3c(cc4c(c3-2)OCO4)CCN1C(C)=O. The summed E-state index contributed by atoms with van der Waals surface area (Å²) in [7, 11) is 1.67. The van der Waals surface area contributed by atoms with Crippen LogP contribution in [-0.4, -0.2) is 31.3 Å².